The van der Waals surface area contributed by atoms with Gasteiger partial charge in [0.2, 0.25) is 5.88 Å². The molecule has 0 spiro atoms. The molecule has 1 saturated heterocycles. The molecule has 3 aliphatic rings. The second-order valence-corrected chi connectivity index (χ2v) is 8.96. The minimum Gasteiger partial charge on any atom is -0.481 e. The predicted molar refractivity (Wildman–Crippen MR) is 141 cm³/mol. The van der Waals surface area contributed by atoms with Crippen LogP contribution < -0.4 is 15.4 Å². The van der Waals surface area contributed by atoms with Crippen molar-refractivity contribution in [2.75, 3.05) is 25.6 Å². The molecule has 186 valence electrons. The first-order chi connectivity index (χ1) is 18.2. The quantitative estimate of drug-likeness (QED) is 0.326. The van der Waals surface area contributed by atoms with Gasteiger partial charge < -0.3 is 19.4 Å². The fourth-order valence-corrected chi connectivity index (χ4v) is 4.66. The van der Waals surface area contributed by atoms with Crippen LogP contribution in [0.1, 0.15) is 12.8 Å². The monoisotopic (exact) mass is 495 g/mol. The number of nitrogens with zero attached hydrogens (tertiary/aromatic N) is 4. The molecule has 7 nitrogen and oxygen atoms in total. The zero-order valence-electron chi connectivity index (χ0n) is 20.4. The zero-order valence-corrected chi connectivity index (χ0v) is 20.4. The molecule has 2 aromatic carbocycles. The van der Waals surface area contributed by atoms with Crippen molar-refractivity contribution in [1.82, 2.24) is 14.5 Å². The molecule has 1 aromatic heterocycles. The maximum absolute atomic E-state index is 13.8. The number of benzene rings is 3. The maximum atomic E-state index is 13.8. The summed E-state index contributed by atoms with van der Waals surface area (Å²) < 4.78 is 26.7. The van der Waals surface area contributed by atoms with Crippen molar-refractivity contribution in [1.29, 1.82) is 0 Å². The van der Waals surface area contributed by atoms with Crippen LogP contribution in [-0.4, -0.2) is 40.9 Å². The molecule has 8 heteroatoms. The average molecular weight is 496 g/mol. The van der Waals surface area contributed by atoms with Gasteiger partial charge in [0.15, 0.2) is 0 Å². The largest absolute Gasteiger partial charge is 0.481 e. The van der Waals surface area contributed by atoms with Gasteiger partial charge in [0.05, 0.1) is 58.5 Å². The summed E-state index contributed by atoms with van der Waals surface area (Å²) in [5.41, 5.74) is 5.94. The van der Waals surface area contributed by atoms with Crippen molar-refractivity contribution >= 4 is 22.4 Å². The Balaban J connectivity index is 1.58. The van der Waals surface area contributed by atoms with Crippen LogP contribution >= 0.6 is 0 Å². The van der Waals surface area contributed by atoms with Crippen LogP contribution in [0.4, 0.5) is 15.8 Å². The second-order valence-electron chi connectivity index (χ2n) is 8.96. The number of hydrogen-bond donors (Lipinski definition) is 1. The average Bonchev–Trinajstić information content (AvgIpc) is 2.94. The topological polar surface area (TPSA) is 73.6 Å². The number of anilines is 2. The van der Waals surface area contributed by atoms with Crippen LogP contribution in [0.15, 0.2) is 84.0 Å². The number of aromatic nitrogens is 3. The number of para-hydroxylation sites is 2. The van der Waals surface area contributed by atoms with Gasteiger partial charge in [0.1, 0.15) is 5.82 Å². The smallest absolute Gasteiger partial charge is 0.213 e. The Kier molecular flexibility index (Phi) is 6.24. The number of methoxy groups -OCH3 is 1. The van der Waals surface area contributed by atoms with Crippen LogP contribution in [0.5, 0.6) is 5.88 Å². The summed E-state index contributed by atoms with van der Waals surface area (Å²) in [4.78, 5) is 14.4. The zero-order chi connectivity index (χ0) is 25.2. The minimum absolute atomic E-state index is 0.161. The highest BCUT2D eigenvalue weighted by Crippen LogP contribution is 2.30. The van der Waals surface area contributed by atoms with Crippen LogP contribution in [0.2, 0.25) is 0 Å². The molecule has 0 bridgehead atoms. The summed E-state index contributed by atoms with van der Waals surface area (Å²) in [5, 5.41) is 4.30. The normalized spacial score (nSPS) is 14.8. The number of halogens is 1. The molecule has 3 heterocycles. The Morgan fingerprint density at radius 1 is 1.03 bits per heavy atom. The van der Waals surface area contributed by atoms with Gasteiger partial charge >= 0.3 is 0 Å². The van der Waals surface area contributed by atoms with Crippen LogP contribution in [0.25, 0.3) is 28.1 Å². The Morgan fingerprint density at radius 2 is 1.84 bits per heavy atom. The third-order valence-electron chi connectivity index (χ3n) is 6.52. The molecule has 1 fully saturated rings. The molecule has 1 aliphatic carbocycles. The van der Waals surface area contributed by atoms with E-state index < -0.39 is 0 Å². The lowest BCUT2D eigenvalue weighted by molar-refractivity contribution is 0.0864. The number of nitrogens with one attached hydrogen (secondary N) is 1. The van der Waals surface area contributed by atoms with E-state index in [1.807, 2.05) is 42.5 Å². The Bertz CT molecular complexity index is 1580. The van der Waals surface area contributed by atoms with Gasteiger partial charge in [-0.1, -0.05) is 12.1 Å². The van der Waals surface area contributed by atoms with Gasteiger partial charge in [-0.15, -0.1) is 0 Å². The lowest BCUT2D eigenvalue weighted by Gasteiger charge is -2.22. The fourth-order valence-electron chi connectivity index (χ4n) is 4.66. The van der Waals surface area contributed by atoms with Gasteiger partial charge in [0.25, 0.3) is 0 Å². The highest BCUT2D eigenvalue weighted by molar-refractivity contribution is 5.84. The number of pyridine rings is 1. The first-order valence-electron chi connectivity index (χ1n) is 12.3. The van der Waals surface area contributed by atoms with E-state index in [1.165, 1.54) is 12.1 Å². The summed E-state index contributed by atoms with van der Waals surface area (Å²) in [5.74, 6) is 0.270. The molecule has 0 amide bonds. The summed E-state index contributed by atoms with van der Waals surface area (Å²) >= 11 is 0. The molecule has 0 saturated carbocycles. The van der Waals surface area contributed by atoms with Gasteiger partial charge in [0, 0.05) is 25.0 Å². The van der Waals surface area contributed by atoms with E-state index in [0.29, 0.717) is 19.1 Å². The van der Waals surface area contributed by atoms with E-state index in [9.17, 15) is 4.39 Å². The SMILES string of the molecule is COc1ccc(Nc2cc3nc4ccccc4n(-c4ccc(F)cc4)c-3cc2=NC2CCOCC2)cn1. The Hall–Kier alpha value is -4.30. The lowest BCUT2D eigenvalue weighted by Crippen LogP contribution is -2.23. The van der Waals surface area contributed by atoms with Crippen molar-refractivity contribution in [3.63, 3.8) is 0 Å². The van der Waals surface area contributed by atoms with Crippen molar-refractivity contribution < 1.29 is 13.9 Å². The predicted octanol–water partition coefficient (Wildman–Crippen LogP) is 5.50. The standard InChI is InChI=1S/C29H26FN5O2/c1-36-29-11-8-21(18-31-29)33-24-16-26-28(17-25(24)32-20-12-14-37-15-13-20)35(22-9-6-19(30)7-10-22)27-5-3-2-4-23(27)34-26/h2-11,16-18,20,33H,12-15H2,1H3. The molecule has 0 unspecified atom stereocenters. The summed E-state index contributed by atoms with van der Waals surface area (Å²) in [7, 11) is 1.59. The van der Waals surface area contributed by atoms with E-state index in [1.54, 1.807) is 25.4 Å². The van der Waals surface area contributed by atoms with Gasteiger partial charge in [-0.2, -0.15) is 0 Å². The number of rotatable bonds is 5. The fraction of sp³-hybridized carbons (Fsp3) is 0.207. The van der Waals surface area contributed by atoms with E-state index in [4.69, 9.17) is 19.5 Å². The molecule has 0 radical (unpaired) electrons. The van der Waals surface area contributed by atoms with Crippen molar-refractivity contribution in [2.24, 2.45) is 4.99 Å². The first kappa shape index (κ1) is 23.1. The third-order valence-corrected chi connectivity index (χ3v) is 6.52. The van der Waals surface area contributed by atoms with Crippen molar-refractivity contribution in [3.05, 3.63) is 90.2 Å². The van der Waals surface area contributed by atoms with Crippen molar-refractivity contribution in [3.8, 4) is 23.0 Å². The minimum atomic E-state index is -0.276. The van der Waals surface area contributed by atoms with Crippen molar-refractivity contribution in [2.45, 2.75) is 18.9 Å². The molecule has 0 atom stereocenters. The summed E-state index contributed by atoms with van der Waals surface area (Å²) in [6.45, 7) is 1.41. The van der Waals surface area contributed by atoms with Gasteiger partial charge in [-0.25, -0.2) is 14.4 Å². The van der Waals surface area contributed by atoms with Crippen LogP contribution in [-0.2, 0) is 4.74 Å². The van der Waals surface area contributed by atoms with E-state index in [0.717, 1.165) is 57.7 Å². The van der Waals surface area contributed by atoms with Crippen LogP contribution in [0.3, 0.4) is 0 Å². The highest BCUT2D eigenvalue weighted by atomic mass is 19.1. The molecular weight excluding hydrogens is 469 g/mol. The first-order valence-corrected chi connectivity index (χ1v) is 12.3. The number of hydrogen-bond acceptors (Lipinski definition) is 6. The second kappa shape index (κ2) is 9.99. The van der Waals surface area contributed by atoms with E-state index in [2.05, 4.69) is 20.9 Å². The maximum Gasteiger partial charge on any atom is 0.213 e. The third kappa shape index (κ3) is 4.75. The molecule has 2 aliphatic heterocycles. The van der Waals surface area contributed by atoms with Gasteiger partial charge in [-0.3, -0.25) is 4.99 Å². The summed E-state index contributed by atoms with van der Waals surface area (Å²) in [6.07, 6.45) is 3.47. The highest BCUT2D eigenvalue weighted by Gasteiger charge is 2.18. The summed E-state index contributed by atoms with van der Waals surface area (Å²) in [6, 6.07) is 22.4. The molecule has 37 heavy (non-hydrogen) atoms. The molecular formula is C29H26FN5O2. The number of fused-ring (bicyclic) bond motifs is 2. The molecule has 3 aromatic rings. The Labute approximate surface area is 213 Å². The van der Waals surface area contributed by atoms with Crippen LogP contribution in [0, 0.1) is 5.82 Å². The lowest BCUT2D eigenvalue weighted by atomic mass is 10.1. The number of ether oxygens (including phenoxy) is 2. The Morgan fingerprint density at radius 3 is 2.59 bits per heavy atom. The van der Waals surface area contributed by atoms with Gasteiger partial charge in [-0.05, 0) is 67.4 Å². The van der Waals surface area contributed by atoms with E-state index >= 15 is 0 Å². The van der Waals surface area contributed by atoms with E-state index in [-0.39, 0.29) is 11.9 Å². The molecule has 6 rings (SSSR count). The molecule has 1 N–H and O–H groups in total.